The Morgan fingerprint density at radius 2 is 1.79 bits per heavy atom. The van der Waals surface area contributed by atoms with E-state index in [1.807, 2.05) is 36.4 Å². The fourth-order valence-electron chi connectivity index (χ4n) is 7.92. The van der Waals surface area contributed by atoms with Crippen LogP contribution in [0, 0.1) is 17.2 Å². The number of ether oxygens (including phenoxy) is 2. The maximum absolute atomic E-state index is 13.9. The van der Waals surface area contributed by atoms with Crippen molar-refractivity contribution in [3.05, 3.63) is 102 Å². The lowest BCUT2D eigenvalue weighted by Crippen LogP contribution is -2.43. The average Bonchev–Trinajstić information content (AvgIpc) is 3.56. The molecule has 2 unspecified atom stereocenters. The Morgan fingerprint density at radius 1 is 0.982 bits per heavy atom. The Balaban J connectivity index is 1.09. The molecule has 1 aliphatic carbocycles. The second kappa shape index (κ2) is 17.4. The van der Waals surface area contributed by atoms with Gasteiger partial charge in [-0.25, -0.2) is 8.78 Å². The Bertz CT molecular complexity index is 2320. The predicted molar refractivity (Wildman–Crippen MR) is 213 cm³/mol. The molecule has 7 rings (SSSR count). The highest BCUT2D eigenvalue weighted by Gasteiger charge is 2.47. The number of benzene rings is 4. The van der Waals surface area contributed by atoms with E-state index in [2.05, 4.69) is 45.9 Å². The summed E-state index contributed by atoms with van der Waals surface area (Å²) < 4.78 is 39.9. The number of carbonyl (C=O) groups is 3. The van der Waals surface area contributed by atoms with Crippen molar-refractivity contribution in [2.24, 2.45) is 5.92 Å². The molecule has 12 heteroatoms. The van der Waals surface area contributed by atoms with Crippen LogP contribution in [-0.2, 0) is 16.0 Å². The molecule has 1 aromatic heterocycles. The predicted octanol–water partition coefficient (Wildman–Crippen LogP) is 7.63. The highest BCUT2D eigenvalue weighted by Crippen LogP contribution is 2.36. The van der Waals surface area contributed by atoms with Gasteiger partial charge in [0.25, 0.3) is 11.8 Å². The Kier molecular flexibility index (Phi) is 11.9. The van der Waals surface area contributed by atoms with E-state index >= 15 is 0 Å². The summed E-state index contributed by atoms with van der Waals surface area (Å²) in [5, 5.41) is 18.0. The monoisotopic (exact) mass is 773 g/mol. The van der Waals surface area contributed by atoms with Crippen LogP contribution in [-0.4, -0.2) is 72.4 Å². The Labute approximate surface area is 330 Å². The van der Waals surface area contributed by atoms with Crippen LogP contribution in [0.3, 0.4) is 0 Å². The van der Waals surface area contributed by atoms with Crippen LogP contribution in [0.1, 0.15) is 60.9 Å². The number of nitrogens with zero attached hydrogens (tertiary/aromatic N) is 3. The first-order valence-electron chi connectivity index (χ1n) is 19.4. The summed E-state index contributed by atoms with van der Waals surface area (Å²) >= 11 is 0. The van der Waals surface area contributed by atoms with Gasteiger partial charge in [0.2, 0.25) is 11.8 Å². The molecular weight excluding hydrogens is 729 g/mol. The molecule has 0 spiro atoms. The molecule has 1 aliphatic heterocycles. The fraction of sp³-hybridized carbons (Fsp3) is 0.356. The van der Waals surface area contributed by atoms with Gasteiger partial charge < -0.3 is 25.0 Å². The number of hydrogen-bond donors (Lipinski definition) is 2. The molecular formula is C45H45F2N5O5. The maximum Gasteiger partial charge on any atom is 0.268 e. The van der Waals surface area contributed by atoms with Gasteiger partial charge in [0, 0.05) is 48.0 Å². The first kappa shape index (κ1) is 39.2. The highest BCUT2D eigenvalue weighted by molar-refractivity contribution is 6.07. The van der Waals surface area contributed by atoms with Gasteiger partial charge >= 0.3 is 0 Å². The number of nitrogens with one attached hydrogen (secondary N) is 2. The van der Waals surface area contributed by atoms with Gasteiger partial charge in [0.05, 0.1) is 44.0 Å². The first-order valence-corrected chi connectivity index (χ1v) is 19.4. The molecule has 3 amide bonds. The summed E-state index contributed by atoms with van der Waals surface area (Å²) in [7, 11) is 1.58. The molecule has 2 atom stereocenters. The van der Waals surface area contributed by atoms with Crippen molar-refractivity contribution in [1.29, 1.82) is 5.26 Å². The molecule has 0 radical (unpaired) electrons. The zero-order chi connectivity index (χ0) is 39.9. The zero-order valence-corrected chi connectivity index (χ0v) is 31.8. The Morgan fingerprint density at radius 3 is 2.58 bits per heavy atom. The molecule has 10 nitrogen and oxygen atoms in total. The van der Waals surface area contributed by atoms with E-state index in [1.165, 1.54) is 18.7 Å². The molecule has 57 heavy (non-hydrogen) atoms. The van der Waals surface area contributed by atoms with Crippen LogP contribution < -0.4 is 20.1 Å². The number of nitriles is 1. The number of fused-ring (bicyclic) bond motifs is 2. The lowest BCUT2D eigenvalue weighted by molar-refractivity contribution is -0.131. The number of aromatic nitrogens is 1. The van der Waals surface area contributed by atoms with Crippen molar-refractivity contribution >= 4 is 39.4 Å². The first-order chi connectivity index (χ1) is 27.6. The van der Waals surface area contributed by atoms with Gasteiger partial charge in [-0.15, -0.1) is 0 Å². The SMILES string of the molecule is COc1ccc(-c2ccc3nccc(C(=O)NCC(=O)N4CC(F)(F)CC4C#N)c3c2)c(OCCC(Cc2ccc3ccccc3c2)NC(=O)C2CCCCC2)c1. The van der Waals surface area contributed by atoms with E-state index in [0.717, 1.165) is 58.0 Å². The summed E-state index contributed by atoms with van der Waals surface area (Å²) in [5.41, 5.74) is 3.36. The van der Waals surface area contributed by atoms with Crippen molar-refractivity contribution in [1.82, 2.24) is 20.5 Å². The summed E-state index contributed by atoms with van der Waals surface area (Å²) in [6.07, 6.45) is 7.06. The van der Waals surface area contributed by atoms with Gasteiger partial charge in [-0.05, 0) is 71.5 Å². The minimum absolute atomic E-state index is 0.0210. The second-order valence-corrected chi connectivity index (χ2v) is 14.9. The number of likely N-dealkylation sites (tertiary alicyclic amines) is 1. The topological polar surface area (TPSA) is 134 Å². The van der Waals surface area contributed by atoms with Crippen LogP contribution in [0.2, 0.25) is 0 Å². The van der Waals surface area contributed by atoms with Crippen molar-refractivity contribution in [2.45, 2.75) is 69.4 Å². The molecule has 294 valence electrons. The van der Waals surface area contributed by atoms with Crippen LogP contribution in [0.5, 0.6) is 11.5 Å². The molecule has 2 aliphatic rings. The summed E-state index contributed by atoms with van der Waals surface area (Å²) in [4.78, 5) is 44.9. The number of carbonyl (C=O) groups excluding carboxylic acids is 3. The van der Waals surface area contributed by atoms with Crippen molar-refractivity contribution in [3.8, 4) is 28.7 Å². The number of halogens is 2. The summed E-state index contributed by atoms with van der Waals surface area (Å²) in [5.74, 6) is -3.26. The van der Waals surface area contributed by atoms with E-state index in [4.69, 9.17) is 9.47 Å². The minimum Gasteiger partial charge on any atom is -0.497 e. The van der Waals surface area contributed by atoms with Gasteiger partial charge in [0.15, 0.2) is 0 Å². The number of methoxy groups -OCH3 is 1. The molecule has 2 N–H and O–H groups in total. The lowest BCUT2D eigenvalue weighted by Gasteiger charge is -2.25. The zero-order valence-electron chi connectivity index (χ0n) is 31.8. The summed E-state index contributed by atoms with van der Waals surface area (Å²) in [6, 6.07) is 27.4. The maximum atomic E-state index is 13.9. The molecule has 1 saturated heterocycles. The van der Waals surface area contributed by atoms with Crippen LogP contribution in [0.15, 0.2) is 91.1 Å². The van der Waals surface area contributed by atoms with Crippen molar-refractivity contribution in [2.75, 3.05) is 26.8 Å². The van der Waals surface area contributed by atoms with Crippen molar-refractivity contribution < 1.29 is 32.6 Å². The van der Waals surface area contributed by atoms with E-state index in [-0.39, 0.29) is 23.4 Å². The molecule has 2 heterocycles. The van der Waals surface area contributed by atoms with Crippen LogP contribution >= 0.6 is 0 Å². The smallest absolute Gasteiger partial charge is 0.268 e. The van der Waals surface area contributed by atoms with Gasteiger partial charge in [-0.2, -0.15) is 5.26 Å². The minimum atomic E-state index is -3.16. The van der Waals surface area contributed by atoms with Gasteiger partial charge in [-0.1, -0.05) is 67.8 Å². The van der Waals surface area contributed by atoms with E-state index in [1.54, 1.807) is 25.3 Å². The van der Waals surface area contributed by atoms with Crippen molar-refractivity contribution in [3.63, 3.8) is 0 Å². The van der Waals surface area contributed by atoms with Crippen LogP contribution in [0.4, 0.5) is 8.78 Å². The molecule has 2 fully saturated rings. The summed E-state index contributed by atoms with van der Waals surface area (Å²) in [6.45, 7) is -1.11. The number of amides is 3. The average molecular weight is 774 g/mol. The second-order valence-electron chi connectivity index (χ2n) is 14.9. The molecule has 1 saturated carbocycles. The number of hydrogen-bond acceptors (Lipinski definition) is 7. The van der Waals surface area contributed by atoms with Crippen LogP contribution in [0.25, 0.3) is 32.8 Å². The number of rotatable bonds is 13. The molecule has 4 aromatic carbocycles. The quantitative estimate of drug-likeness (QED) is 0.126. The van der Waals surface area contributed by atoms with E-state index < -0.39 is 43.3 Å². The van der Waals surface area contributed by atoms with E-state index in [0.29, 0.717) is 41.9 Å². The third kappa shape index (κ3) is 9.31. The third-order valence-electron chi connectivity index (χ3n) is 11.0. The molecule has 5 aromatic rings. The third-order valence-corrected chi connectivity index (χ3v) is 11.0. The molecule has 0 bridgehead atoms. The van der Waals surface area contributed by atoms with E-state index in [9.17, 15) is 28.4 Å². The highest BCUT2D eigenvalue weighted by atomic mass is 19.3. The number of alkyl halides is 2. The van der Waals surface area contributed by atoms with Gasteiger partial charge in [0.1, 0.15) is 17.5 Å². The van der Waals surface area contributed by atoms with Gasteiger partial charge in [-0.3, -0.25) is 19.4 Å². The lowest BCUT2D eigenvalue weighted by atomic mass is 9.88. The fourth-order valence-corrected chi connectivity index (χ4v) is 7.92. The largest absolute Gasteiger partial charge is 0.497 e. The Hall–Kier alpha value is -6.09. The number of pyridine rings is 1. The normalized spacial score (nSPS) is 17.2. The standard InChI is InChI=1S/C45H45F2N5O5/c1-56-36-14-15-37(33-13-16-40-39(23-33)38(17-19-49-40)44(55)50-27-42(53)52-28-45(46,47)25-35(52)26-48)41(24-36)57-20-18-34(51-43(54)31-8-3-2-4-9-31)22-29-11-12-30-7-5-6-10-32(30)21-29/h5-7,10-17,19,21,23-24,31,34-35H,2-4,8-9,18,20,22,25,27-28H2,1H3,(H,50,55)(H,51,54).